The van der Waals surface area contributed by atoms with Gasteiger partial charge in [-0.25, -0.2) is 0 Å². The SMILES string of the molecule is N.[O-]c1c[n+](-c2ccccc2Cl)no1. The van der Waals surface area contributed by atoms with Gasteiger partial charge in [-0.1, -0.05) is 23.7 Å². The first kappa shape index (κ1) is 10.5. The van der Waals surface area contributed by atoms with Gasteiger partial charge in [0.1, 0.15) is 11.0 Å². The van der Waals surface area contributed by atoms with Gasteiger partial charge in [0.15, 0.2) is 0 Å². The summed E-state index contributed by atoms with van der Waals surface area (Å²) in [6.07, 6.45) is 1.22. The summed E-state index contributed by atoms with van der Waals surface area (Å²) in [7, 11) is 0. The maximum absolute atomic E-state index is 10.7. The standard InChI is InChI=1S/C8H5ClN2O2.H3N/c9-6-3-1-2-4-7(6)11-5-8(12)13-10-11;/h1-5H;1H3. The number of hydrogen-bond acceptors (Lipinski definition) is 4. The van der Waals surface area contributed by atoms with Crippen LogP contribution in [0.5, 0.6) is 5.95 Å². The fraction of sp³-hybridized carbons (Fsp3) is 0. The highest BCUT2D eigenvalue weighted by Crippen LogP contribution is 2.14. The molecule has 0 aliphatic heterocycles. The molecule has 6 heteroatoms. The molecule has 0 radical (unpaired) electrons. The average Bonchev–Trinajstić information content (AvgIpc) is 2.53. The second kappa shape index (κ2) is 4.08. The first-order valence-electron chi connectivity index (χ1n) is 3.58. The van der Waals surface area contributed by atoms with Crippen molar-refractivity contribution in [1.29, 1.82) is 0 Å². The first-order chi connectivity index (χ1) is 6.27. The van der Waals surface area contributed by atoms with Gasteiger partial charge in [-0.2, -0.15) is 0 Å². The number of hydrogen-bond donors (Lipinski definition) is 1. The first-order valence-corrected chi connectivity index (χ1v) is 3.96. The van der Waals surface area contributed by atoms with E-state index in [4.69, 9.17) is 11.6 Å². The molecular formula is C8H8ClN3O2. The summed E-state index contributed by atoms with van der Waals surface area (Å²) >= 11 is 5.86. The molecule has 5 nitrogen and oxygen atoms in total. The third-order valence-corrected chi connectivity index (χ3v) is 1.87. The van der Waals surface area contributed by atoms with E-state index in [1.165, 1.54) is 10.9 Å². The molecule has 0 atom stereocenters. The van der Waals surface area contributed by atoms with Gasteiger partial charge in [-0.3, -0.25) is 0 Å². The van der Waals surface area contributed by atoms with Gasteiger partial charge in [-0.15, -0.1) is 0 Å². The maximum atomic E-state index is 10.7. The molecule has 0 fully saturated rings. The molecule has 0 bridgehead atoms. The van der Waals surface area contributed by atoms with Crippen LogP contribution in [0.2, 0.25) is 5.02 Å². The zero-order valence-corrected chi connectivity index (χ0v) is 7.94. The minimum Gasteiger partial charge on any atom is -0.539 e. The monoisotopic (exact) mass is 213 g/mol. The Labute approximate surface area is 85.1 Å². The Kier molecular flexibility index (Phi) is 3.06. The summed E-state index contributed by atoms with van der Waals surface area (Å²) in [4.78, 5) is 0. The van der Waals surface area contributed by atoms with Crippen LogP contribution in [0.15, 0.2) is 35.0 Å². The third-order valence-electron chi connectivity index (χ3n) is 1.55. The number of nitrogens with zero attached hydrogens (tertiary/aromatic N) is 2. The van der Waals surface area contributed by atoms with Gasteiger partial charge >= 0.3 is 0 Å². The van der Waals surface area contributed by atoms with Gasteiger partial charge in [0.25, 0.3) is 5.69 Å². The number of halogens is 1. The van der Waals surface area contributed by atoms with Crippen LogP contribution in [0.25, 0.3) is 5.69 Å². The lowest BCUT2D eigenvalue weighted by atomic mass is 10.3. The Hall–Kier alpha value is -1.59. The van der Waals surface area contributed by atoms with Crippen LogP contribution < -0.4 is 15.9 Å². The Morgan fingerprint density at radius 1 is 1.36 bits per heavy atom. The fourth-order valence-electron chi connectivity index (χ4n) is 0.982. The molecule has 0 aliphatic carbocycles. The van der Waals surface area contributed by atoms with Crippen LogP contribution in [0.4, 0.5) is 0 Å². The van der Waals surface area contributed by atoms with Gasteiger partial charge in [0.2, 0.25) is 6.20 Å². The number of para-hydroxylation sites is 1. The van der Waals surface area contributed by atoms with Gasteiger partial charge < -0.3 is 15.8 Å². The predicted molar refractivity (Wildman–Crippen MR) is 47.5 cm³/mol. The quantitative estimate of drug-likeness (QED) is 0.711. The van der Waals surface area contributed by atoms with E-state index in [0.29, 0.717) is 10.7 Å². The molecule has 74 valence electrons. The van der Waals surface area contributed by atoms with Crippen molar-refractivity contribution in [2.75, 3.05) is 0 Å². The lowest BCUT2D eigenvalue weighted by molar-refractivity contribution is -0.670. The van der Waals surface area contributed by atoms with Crippen LogP contribution >= 0.6 is 11.6 Å². The predicted octanol–water partition coefficient (Wildman–Crippen LogP) is 0.840. The van der Waals surface area contributed by atoms with Crippen LogP contribution in [0, 0.1) is 0 Å². The smallest absolute Gasteiger partial charge is 0.257 e. The van der Waals surface area contributed by atoms with Crippen molar-refractivity contribution in [3.8, 4) is 11.6 Å². The van der Waals surface area contributed by atoms with Crippen LogP contribution in [0.3, 0.4) is 0 Å². The third kappa shape index (κ3) is 1.84. The number of rotatable bonds is 1. The van der Waals surface area contributed by atoms with Crippen molar-refractivity contribution >= 4 is 11.6 Å². The molecule has 0 saturated heterocycles. The largest absolute Gasteiger partial charge is 0.539 e. The second-order valence-corrected chi connectivity index (χ2v) is 2.82. The van der Waals surface area contributed by atoms with Crippen LogP contribution in [-0.2, 0) is 0 Å². The zero-order valence-electron chi connectivity index (χ0n) is 7.18. The van der Waals surface area contributed by atoms with Crippen LogP contribution in [-0.4, -0.2) is 5.27 Å². The highest BCUT2D eigenvalue weighted by molar-refractivity contribution is 6.32. The van der Waals surface area contributed by atoms with Gasteiger partial charge in [0.05, 0.1) is 5.27 Å². The summed E-state index contributed by atoms with van der Waals surface area (Å²) in [5.74, 6) is -0.500. The van der Waals surface area contributed by atoms with Crippen LogP contribution in [0.1, 0.15) is 0 Å². The van der Waals surface area contributed by atoms with E-state index < -0.39 is 5.95 Å². The fourth-order valence-corrected chi connectivity index (χ4v) is 1.20. The van der Waals surface area contributed by atoms with Crippen molar-refractivity contribution in [2.45, 2.75) is 0 Å². The average molecular weight is 214 g/mol. The summed E-state index contributed by atoms with van der Waals surface area (Å²) in [5, 5.41) is 14.7. The lowest BCUT2D eigenvalue weighted by Crippen LogP contribution is -2.31. The van der Waals surface area contributed by atoms with Gasteiger partial charge in [-0.05, 0) is 10.7 Å². The molecule has 1 heterocycles. The molecule has 0 aliphatic rings. The van der Waals surface area contributed by atoms with Crippen molar-refractivity contribution in [2.24, 2.45) is 0 Å². The molecule has 2 aromatic rings. The summed E-state index contributed by atoms with van der Waals surface area (Å²) in [6.45, 7) is 0. The van der Waals surface area contributed by atoms with Crippen molar-refractivity contribution in [1.82, 2.24) is 11.4 Å². The molecule has 0 amide bonds. The van der Waals surface area contributed by atoms with E-state index >= 15 is 0 Å². The van der Waals surface area contributed by atoms with Crippen molar-refractivity contribution < 1.29 is 14.3 Å². The lowest BCUT2D eigenvalue weighted by Gasteiger charge is -1.90. The maximum Gasteiger partial charge on any atom is 0.257 e. The van der Waals surface area contributed by atoms with Gasteiger partial charge in [0, 0.05) is 6.07 Å². The summed E-state index contributed by atoms with van der Waals surface area (Å²) in [5.41, 5.74) is 0.620. The van der Waals surface area contributed by atoms with E-state index in [1.807, 2.05) is 0 Å². The summed E-state index contributed by atoms with van der Waals surface area (Å²) in [6, 6.07) is 7.05. The Morgan fingerprint density at radius 3 is 2.64 bits per heavy atom. The number of benzene rings is 1. The van der Waals surface area contributed by atoms with E-state index in [0.717, 1.165) is 0 Å². The minimum absolute atomic E-state index is 0. The molecule has 0 unspecified atom stereocenters. The topological polar surface area (TPSA) is 88.0 Å². The Bertz CT molecular complexity index is 430. The minimum atomic E-state index is -0.500. The molecule has 1 aromatic carbocycles. The molecule has 0 saturated carbocycles. The van der Waals surface area contributed by atoms with E-state index in [9.17, 15) is 5.11 Å². The second-order valence-electron chi connectivity index (χ2n) is 2.42. The highest BCUT2D eigenvalue weighted by Gasteiger charge is 2.12. The highest BCUT2D eigenvalue weighted by atomic mass is 35.5. The van der Waals surface area contributed by atoms with E-state index in [2.05, 4.69) is 9.79 Å². The molecule has 14 heavy (non-hydrogen) atoms. The number of aromatic nitrogens is 2. The van der Waals surface area contributed by atoms with Crippen molar-refractivity contribution in [3.63, 3.8) is 0 Å². The molecule has 1 aromatic heterocycles. The Balaban J connectivity index is 0.000000980. The normalized spacial score (nSPS) is 9.50. The zero-order chi connectivity index (χ0) is 9.26. The van der Waals surface area contributed by atoms with E-state index in [-0.39, 0.29) is 6.15 Å². The Morgan fingerprint density at radius 2 is 2.07 bits per heavy atom. The van der Waals surface area contributed by atoms with Crippen molar-refractivity contribution in [3.05, 3.63) is 35.5 Å². The molecule has 3 N–H and O–H groups in total. The molecule has 2 rings (SSSR count). The molecular weight excluding hydrogens is 206 g/mol. The van der Waals surface area contributed by atoms with E-state index in [1.54, 1.807) is 24.3 Å². The molecule has 0 spiro atoms. The summed E-state index contributed by atoms with van der Waals surface area (Å²) < 4.78 is 5.67.